The highest BCUT2D eigenvalue weighted by Gasteiger charge is 2.18. The molecular formula is C23H35N5O2. The van der Waals surface area contributed by atoms with Gasteiger partial charge in [-0.15, -0.1) is 0 Å². The van der Waals surface area contributed by atoms with Crippen LogP contribution in [-0.2, 0) is 13.0 Å². The first-order valence-corrected chi connectivity index (χ1v) is 11.2. The van der Waals surface area contributed by atoms with Crippen LogP contribution in [0.2, 0.25) is 0 Å². The SMILES string of the molecule is CCNC(=NCc1ccc(C)cc1OC1CCCC1)NCCc1nc(C(C)C)no1. The molecule has 7 nitrogen and oxygen atoms in total. The lowest BCUT2D eigenvalue weighted by Gasteiger charge is -2.17. The molecule has 1 aliphatic carbocycles. The molecule has 1 fully saturated rings. The van der Waals surface area contributed by atoms with Crippen molar-refractivity contribution in [3.63, 3.8) is 0 Å². The Bertz CT molecular complexity index is 825. The molecule has 2 aromatic rings. The van der Waals surface area contributed by atoms with Crippen molar-refractivity contribution < 1.29 is 9.26 Å². The number of hydrogen-bond acceptors (Lipinski definition) is 5. The summed E-state index contributed by atoms with van der Waals surface area (Å²) in [6.45, 7) is 10.3. The van der Waals surface area contributed by atoms with Crippen molar-refractivity contribution in [2.75, 3.05) is 13.1 Å². The molecule has 1 aromatic carbocycles. The van der Waals surface area contributed by atoms with E-state index < -0.39 is 0 Å². The van der Waals surface area contributed by atoms with Crippen LogP contribution >= 0.6 is 0 Å². The minimum absolute atomic E-state index is 0.268. The number of guanidine groups is 1. The van der Waals surface area contributed by atoms with E-state index in [-0.39, 0.29) is 5.92 Å². The molecule has 1 aromatic heterocycles. The monoisotopic (exact) mass is 413 g/mol. The van der Waals surface area contributed by atoms with Gasteiger partial charge < -0.3 is 19.9 Å². The van der Waals surface area contributed by atoms with Crippen LogP contribution in [-0.4, -0.2) is 35.3 Å². The molecule has 7 heteroatoms. The molecule has 0 bridgehead atoms. The number of nitrogens with one attached hydrogen (secondary N) is 2. The van der Waals surface area contributed by atoms with Crippen LogP contribution < -0.4 is 15.4 Å². The average Bonchev–Trinajstić information content (AvgIpc) is 3.39. The molecule has 2 N–H and O–H groups in total. The van der Waals surface area contributed by atoms with Gasteiger partial charge in [0.1, 0.15) is 5.75 Å². The third kappa shape index (κ3) is 6.47. The molecule has 0 amide bonds. The highest BCUT2D eigenvalue weighted by Crippen LogP contribution is 2.28. The van der Waals surface area contributed by atoms with E-state index in [1.807, 2.05) is 0 Å². The molecule has 0 atom stereocenters. The van der Waals surface area contributed by atoms with Crippen LogP contribution in [0.3, 0.4) is 0 Å². The first-order valence-electron chi connectivity index (χ1n) is 11.2. The van der Waals surface area contributed by atoms with Gasteiger partial charge in [0.25, 0.3) is 0 Å². The van der Waals surface area contributed by atoms with Gasteiger partial charge in [0, 0.05) is 31.0 Å². The van der Waals surface area contributed by atoms with Gasteiger partial charge in [-0.05, 0) is 51.2 Å². The Kier molecular flexibility index (Phi) is 8.11. The zero-order chi connectivity index (χ0) is 21.3. The Morgan fingerprint density at radius 3 is 2.77 bits per heavy atom. The summed E-state index contributed by atoms with van der Waals surface area (Å²) in [6.07, 6.45) is 5.81. The molecule has 0 radical (unpaired) electrons. The van der Waals surface area contributed by atoms with Gasteiger partial charge in [0.05, 0.1) is 12.6 Å². The van der Waals surface area contributed by atoms with Crippen molar-refractivity contribution in [2.24, 2.45) is 4.99 Å². The standard InChI is InChI=1S/C23H35N5O2/c1-5-24-23(25-13-12-21-27-22(16(2)3)28-30-21)26-15-18-11-10-17(4)14-20(18)29-19-8-6-7-9-19/h10-11,14,16,19H,5-9,12-13,15H2,1-4H3,(H2,24,25,26). The largest absolute Gasteiger partial charge is 0.490 e. The van der Waals surface area contributed by atoms with Crippen LogP contribution in [0.15, 0.2) is 27.7 Å². The van der Waals surface area contributed by atoms with Gasteiger partial charge >= 0.3 is 0 Å². The summed E-state index contributed by atoms with van der Waals surface area (Å²) in [7, 11) is 0. The number of nitrogens with zero attached hydrogens (tertiary/aromatic N) is 3. The smallest absolute Gasteiger partial charge is 0.228 e. The van der Waals surface area contributed by atoms with Gasteiger partial charge in [-0.1, -0.05) is 31.1 Å². The van der Waals surface area contributed by atoms with Crippen molar-refractivity contribution in [1.82, 2.24) is 20.8 Å². The lowest BCUT2D eigenvalue weighted by Crippen LogP contribution is -2.38. The van der Waals surface area contributed by atoms with Crippen LogP contribution in [0, 0.1) is 6.92 Å². The Hall–Kier alpha value is -2.57. The summed E-state index contributed by atoms with van der Waals surface area (Å²) in [6, 6.07) is 6.37. The van der Waals surface area contributed by atoms with E-state index >= 15 is 0 Å². The molecule has 0 aliphatic heterocycles. The predicted molar refractivity (Wildman–Crippen MR) is 119 cm³/mol. The van der Waals surface area contributed by atoms with Crippen molar-refractivity contribution >= 4 is 5.96 Å². The zero-order valence-electron chi connectivity index (χ0n) is 18.7. The van der Waals surface area contributed by atoms with Crippen molar-refractivity contribution in [3.05, 3.63) is 41.0 Å². The molecule has 30 heavy (non-hydrogen) atoms. The van der Waals surface area contributed by atoms with E-state index in [1.165, 1.54) is 18.4 Å². The Balaban J connectivity index is 1.59. The number of ether oxygens (including phenoxy) is 1. The highest BCUT2D eigenvalue weighted by molar-refractivity contribution is 5.79. The molecular weight excluding hydrogens is 378 g/mol. The van der Waals surface area contributed by atoms with E-state index in [0.29, 0.717) is 31.5 Å². The second kappa shape index (κ2) is 11.0. The molecule has 3 rings (SSSR count). The topological polar surface area (TPSA) is 84.6 Å². The summed E-state index contributed by atoms with van der Waals surface area (Å²) in [5.74, 6) is 3.40. The summed E-state index contributed by atoms with van der Waals surface area (Å²) in [5.41, 5.74) is 2.32. The van der Waals surface area contributed by atoms with E-state index in [9.17, 15) is 0 Å². The number of aryl methyl sites for hydroxylation is 1. The van der Waals surface area contributed by atoms with Crippen LogP contribution in [0.25, 0.3) is 0 Å². The summed E-state index contributed by atoms with van der Waals surface area (Å²) in [5, 5.41) is 10.7. The third-order valence-corrected chi connectivity index (χ3v) is 5.20. The quantitative estimate of drug-likeness (QED) is 0.475. The molecule has 1 saturated carbocycles. The first kappa shape index (κ1) is 22.1. The molecule has 0 spiro atoms. The lowest BCUT2D eigenvalue weighted by atomic mass is 10.1. The molecule has 0 saturated heterocycles. The summed E-state index contributed by atoms with van der Waals surface area (Å²) < 4.78 is 11.6. The van der Waals surface area contributed by atoms with Gasteiger partial charge in [-0.2, -0.15) is 4.98 Å². The van der Waals surface area contributed by atoms with E-state index in [0.717, 1.165) is 42.5 Å². The fourth-order valence-electron chi connectivity index (χ4n) is 3.49. The normalized spacial score (nSPS) is 15.0. The van der Waals surface area contributed by atoms with E-state index in [1.54, 1.807) is 0 Å². The maximum atomic E-state index is 6.30. The maximum absolute atomic E-state index is 6.30. The highest BCUT2D eigenvalue weighted by atomic mass is 16.5. The number of hydrogen-bond donors (Lipinski definition) is 2. The minimum Gasteiger partial charge on any atom is -0.490 e. The van der Waals surface area contributed by atoms with Crippen molar-refractivity contribution in [1.29, 1.82) is 0 Å². The molecule has 0 unspecified atom stereocenters. The first-order chi connectivity index (χ1) is 14.5. The van der Waals surface area contributed by atoms with Gasteiger partial charge in [-0.3, -0.25) is 0 Å². The average molecular weight is 414 g/mol. The third-order valence-electron chi connectivity index (χ3n) is 5.20. The number of aromatic nitrogens is 2. The van der Waals surface area contributed by atoms with Crippen molar-refractivity contribution in [3.8, 4) is 5.75 Å². The van der Waals surface area contributed by atoms with Crippen LogP contribution in [0.4, 0.5) is 0 Å². The van der Waals surface area contributed by atoms with Crippen molar-refractivity contribution in [2.45, 2.75) is 78.4 Å². The number of rotatable bonds is 9. The number of benzene rings is 1. The fraction of sp³-hybridized carbons (Fsp3) is 0.609. The van der Waals surface area contributed by atoms with Gasteiger partial charge in [-0.25, -0.2) is 4.99 Å². The van der Waals surface area contributed by atoms with E-state index in [4.69, 9.17) is 14.3 Å². The van der Waals surface area contributed by atoms with E-state index in [2.05, 4.69) is 66.7 Å². The van der Waals surface area contributed by atoms with Crippen LogP contribution in [0.1, 0.15) is 75.2 Å². The predicted octanol–water partition coefficient (Wildman–Crippen LogP) is 4.12. The lowest BCUT2D eigenvalue weighted by molar-refractivity contribution is 0.208. The fourth-order valence-corrected chi connectivity index (χ4v) is 3.49. The molecule has 164 valence electrons. The minimum atomic E-state index is 0.268. The Morgan fingerprint density at radius 2 is 2.07 bits per heavy atom. The molecule has 1 heterocycles. The summed E-state index contributed by atoms with van der Waals surface area (Å²) >= 11 is 0. The second-order valence-corrected chi connectivity index (χ2v) is 8.21. The Labute approximate surface area is 179 Å². The molecule has 1 aliphatic rings. The second-order valence-electron chi connectivity index (χ2n) is 8.21. The Morgan fingerprint density at radius 1 is 1.27 bits per heavy atom. The van der Waals surface area contributed by atoms with Gasteiger partial charge in [0.2, 0.25) is 5.89 Å². The van der Waals surface area contributed by atoms with Gasteiger partial charge in [0.15, 0.2) is 11.8 Å². The maximum Gasteiger partial charge on any atom is 0.228 e. The zero-order valence-corrected chi connectivity index (χ0v) is 18.7. The van der Waals surface area contributed by atoms with Crippen LogP contribution in [0.5, 0.6) is 5.75 Å². The number of aliphatic imine (C=N–C) groups is 1. The summed E-state index contributed by atoms with van der Waals surface area (Å²) in [4.78, 5) is 9.18.